The number of carbonyl (C=O) groups is 1. The Labute approximate surface area is 138 Å². The Morgan fingerprint density at radius 1 is 1.26 bits per heavy atom. The maximum atomic E-state index is 12.0. The van der Waals surface area contributed by atoms with Crippen molar-refractivity contribution in [2.45, 2.75) is 0 Å². The van der Waals surface area contributed by atoms with Crippen molar-refractivity contribution >= 4 is 49.9 Å². The third-order valence-corrected chi connectivity index (χ3v) is 5.22. The molecule has 23 heavy (non-hydrogen) atoms. The first-order chi connectivity index (χ1) is 11.0. The summed E-state index contributed by atoms with van der Waals surface area (Å²) in [4.78, 5) is 27.5. The standard InChI is InChI=1S/C15H11N3O3S2/c1-17-11-4-2-3-5-12(11)23-15(17)16-13(19)8-6-10-7-9-14(22-10)18(20)21/h2-9H,1H3. The summed E-state index contributed by atoms with van der Waals surface area (Å²) in [6, 6.07) is 10.8. The Balaban J connectivity index is 1.86. The predicted octanol–water partition coefficient (Wildman–Crippen LogP) is 3.35. The van der Waals surface area contributed by atoms with Crippen molar-refractivity contribution in [3.05, 3.63) is 62.3 Å². The molecule has 0 saturated heterocycles. The molecule has 1 amide bonds. The van der Waals surface area contributed by atoms with Crippen LogP contribution in [0, 0.1) is 10.1 Å². The SMILES string of the molecule is Cn1c(=NC(=O)C=Cc2ccc([N+](=O)[O-])s2)sc2ccccc21. The van der Waals surface area contributed by atoms with Crippen molar-refractivity contribution < 1.29 is 9.72 Å². The lowest BCUT2D eigenvalue weighted by molar-refractivity contribution is -0.380. The molecule has 1 aromatic carbocycles. The van der Waals surface area contributed by atoms with E-state index in [-0.39, 0.29) is 5.00 Å². The normalized spacial score (nSPS) is 12.3. The van der Waals surface area contributed by atoms with Crippen LogP contribution in [0.4, 0.5) is 5.00 Å². The number of aromatic nitrogens is 1. The average Bonchev–Trinajstić information content (AvgIpc) is 3.12. The minimum Gasteiger partial charge on any atom is -0.319 e. The molecule has 0 spiro atoms. The van der Waals surface area contributed by atoms with Crippen LogP contribution in [-0.4, -0.2) is 15.4 Å². The second-order valence-corrected chi connectivity index (χ2v) is 6.73. The molecule has 2 aromatic heterocycles. The molecule has 8 heteroatoms. The van der Waals surface area contributed by atoms with E-state index in [4.69, 9.17) is 0 Å². The van der Waals surface area contributed by atoms with E-state index in [9.17, 15) is 14.9 Å². The number of benzene rings is 1. The van der Waals surface area contributed by atoms with Crippen molar-refractivity contribution in [2.75, 3.05) is 0 Å². The van der Waals surface area contributed by atoms with E-state index in [1.165, 1.54) is 29.6 Å². The Morgan fingerprint density at radius 2 is 2.04 bits per heavy atom. The van der Waals surface area contributed by atoms with Gasteiger partial charge in [0.1, 0.15) is 0 Å². The van der Waals surface area contributed by atoms with Crippen LogP contribution in [0.2, 0.25) is 0 Å². The third kappa shape index (κ3) is 3.27. The highest BCUT2D eigenvalue weighted by atomic mass is 32.1. The van der Waals surface area contributed by atoms with Gasteiger partial charge in [-0.1, -0.05) is 34.8 Å². The van der Waals surface area contributed by atoms with Gasteiger partial charge in [0.05, 0.1) is 15.1 Å². The zero-order valence-corrected chi connectivity index (χ0v) is 13.6. The molecule has 0 unspecified atom stereocenters. The fourth-order valence-electron chi connectivity index (χ4n) is 2.00. The summed E-state index contributed by atoms with van der Waals surface area (Å²) in [5, 5.41) is 10.7. The smallest absolute Gasteiger partial charge is 0.319 e. The molecule has 116 valence electrons. The summed E-state index contributed by atoms with van der Waals surface area (Å²) >= 11 is 2.45. The van der Waals surface area contributed by atoms with Gasteiger partial charge >= 0.3 is 5.00 Å². The highest BCUT2D eigenvalue weighted by molar-refractivity contribution is 7.16. The number of aryl methyl sites for hydroxylation is 1. The van der Waals surface area contributed by atoms with Crippen molar-refractivity contribution in [3.8, 4) is 0 Å². The van der Waals surface area contributed by atoms with Crippen molar-refractivity contribution in [3.63, 3.8) is 0 Å². The fourth-order valence-corrected chi connectivity index (χ4v) is 3.75. The number of carbonyl (C=O) groups excluding carboxylic acids is 1. The molecule has 0 aliphatic carbocycles. The number of amides is 1. The number of thiazole rings is 1. The molecule has 0 bridgehead atoms. The topological polar surface area (TPSA) is 77.5 Å². The molecule has 0 radical (unpaired) electrons. The van der Waals surface area contributed by atoms with Crippen LogP contribution in [0.5, 0.6) is 0 Å². The number of para-hydroxylation sites is 1. The van der Waals surface area contributed by atoms with E-state index in [0.717, 1.165) is 21.6 Å². The highest BCUT2D eigenvalue weighted by Gasteiger charge is 2.08. The maximum absolute atomic E-state index is 12.0. The van der Waals surface area contributed by atoms with E-state index < -0.39 is 10.8 Å². The van der Waals surface area contributed by atoms with Crippen LogP contribution in [0.3, 0.4) is 0 Å². The number of fused-ring (bicyclic) bond motifs is 1. The Bertz CT molecular complexity index is 995. The van der Waals surface area contributed by atoms with Gasteiger partial charge in [-0.2, -0.15) is 4.99 Å². The Kier molecular flexibility index (Phi) is 4.18. The number of rotatable bonds is 3. The summed E-state index contributed by atoms with van der Waals surface area (Å²) in [7, 11) is 1.86. The van der Waals surface area contributed by atoms with Gasteiger partial charge in [-0.05, 0) is 24.3 Å². The summed E-state index contributed by atoms with van der Waals surface area (Å²) < 4.78 is 2.92. The summed E-state index contributed by atoms with van der Waals surface area (Å²) in [5.41, 5.74) is 1.02. The van der Waals surface area contributed by atoms with Crippen LogP contribution in [-0.2, 0) is 11.8 Å². The first-order valence-corrected chi connectivity index (χ1v) is 8.23. The van der Waals surface area contributed by atoms with Gasteiger partial charge in [0.15, 0.2) is 4.80 Å². The molecule has 0 aliphatic heterocycles. The van der Waals surface area contributed by atoms with E-state index in [2.05, 4.69) is 4.99 Å². The number of nitrogens with zero attached hydrogens (tertiary/aromatic N) is 3. The predicted molar refractivity (Wildman–Crippen MR) is 91.4 cm³/mol. The van der Waals surface area contributed by atoms with Gasteiger partial charge in [-0.15, -0.1) is 0 Å². The summed E-state index contributed by atoms with van der Waals surface area (Å²) in [6.07, 6.45) is 2.86. The van der Waals surface area contributed by atoms with Crippen LogP contribution in [0.15, 0.2) is 47.5 Å². The van der Waals surface area contributed by atoms with E-state index in [1.807, 2.05) is 35.9 Å². The van der Waals surface area contributed by atoms with Gasteiger partial charge in [0, 0.05) is 24.1 Å². The first-order valence-electron chi connectivity index (χ1n) is 6.60. The molecule has 0 fully saturated rings. The van der Waals surface area contributed by atoms with Gasteiger partial charge in [-0.25, -0.2) is 0 Å². The van der Waals surface area contributed by atoms with Gasteiger partial charge in [0.2, 0.25) is 0 Å². The number of thiophene rings is 1. The molecule has 0 saturated carbocycles. The van der Waals surface area contributed by atoms with Crippen LogP contribution >= 0.6 is 22.7 Å². The molecular weight excluding hydrogens is 334 g/mol. The second-order valence-electron chi connectivity index (χ2n) is 4.63. The largest absolute Gasteiger partial charge is 0.324 e. The third-order valence-electron chi connectivity index (χ3n) is 3.10. The average molecular weight is 345 g/mol. The van der Waals surface area contributed by atoms with E-state index >= 15 is 0 Å². The number of hydrogen-bond acceptors (Lipinski definition) is 5. The highest BCUT2D eigenvalue weighted by Crippen LogP contribution is 2.24. The maximum Gasteiger partial charge on any atom is 0.324 e. The molecule has 3 aromatic rings. The lowest BCUT2D eigenvalue weighted by Crippen LogP contribution is -2.12. The molecule has 0 N–H and O–H groups in total. The molecule has 0 aliphatic rings. The number of nitro groups is 1. The van der Waals surface area contributed by atoms with Crippen LogP contribution in [0.1, 0.15) is 4.88 Å². The van der Waals surface area contributed by atoms with Crippen LogP contribution in [0.25, 0.3) is 16.3 Å². The zero-order valence-electron chi connectivity index (χ0n) is 12.0. The quantitative estimate of drug-likeness (QED) is 0.415. The second kappa shape index (κ2) is 6.27. The minimum absolute atomic E-state index is 0.0462. The van der Waals surface area contributed by atoms with Crippen molar-refractivity contribution in [2.24, 2.45) is 12.0 Å². The minimum atomic E-state index is -0.453. The van der Waals surface area contributed by atoms with Crippen molar-refractivity contribution in [1.82, 2.24) is 4.57 Å². The van der Waals surface area contributed by atoms with E-state index in [1.54, 1.807) is 6.07 Å². The molecule has 0 atom stereocenters. The Morgan fingerprint density at radius 3 is 2.74 bits per heavy atom. The van der Waals surface area contributed by atoms with Gasteiger partial charge in [0.25, 0.3) is 5.91 Å². The lowest BCUT2D eigenvalue weighted by atomic mass is 10.3. The first kappa shape index (κ1) is 15.3. The Hall–Kier alpha value is -2.58. The van der Waals surface area contributed by atoms with Crippen LogP contribution < -0.4 is 4.80 Å². The molecule has 3 rings (SSSR count). The van der Waals surface area contributed by atoms with E-state index in [0.29, 0.717) is 9.68 Å². The number of hydrogen-bond donors (Lipinski definition) is 0. The van der Waals surface area contributed by atoms with Gasteiger partial charge < -0.3 is 4.57 Å². The monoisotopic (exact) mass is 345 g/mol. The summed E-state index contributed by atoms with van der Waals surface area (Å²) in [5.74, 6) is -0.400. The zero-order chi connectivity index (χ0) is 16.4. The fraction of sp³-hybridized carbons (Fsp3) is 0.0667. The molecular formula is C15H11N3O3S2. The van der Waals surface area contributed by atoms with Crippen molar-refractivity contribution in [1.29, 1.82) is 0 Å². The van der Waals surface area contributed by atoms with Gasteiger partial charge in [-0.3, -0.25) is 14.9 Å². The lowest BCUT2D eigenvalue weighted by Gasteiger charge is -1.92. The molecule has 6 nitrogen and oxygen atoms in total. The summed E-state index contributed by atoms with van der Waals surface area (Å²) in [6.45, 7) is 0. The molecule has 2 heterocycles.